The van der Waals surface area contributed by atoms with Crippen molar-refractivity contribution < 1.29 is 0 Å². The molecule has 0 aromatic carbocycles. The molecule has 1 aliphatic rings. The molecule has 0 aliphatic heterocycles. The van der Waals surface area contributed by atoms with E-state index in [1.54, 1.807) is 0 Å². The standard InChI is InChI=1S/C11H19N3/c1-11(8-12)4-2-9(3-5-11)10-13-6-7-14-10/h6-7,9H,2-5,8,12H2,1H3,(H,13,14). The highest BCUT2D eigenvalue weighted by Crippen LogP contribution is 2.41. The van der Waals surface area contributed by atoms with Crippen molar-refractivity contribution in [2.45, 2.75) is 38.5 Å². The molecule has 3 nitrogen and oxygen atoms in total. The molecule has 0 spiro atoms. The van der Waals surface area contributed by atoms with E-state index in [1.807, 2.05) is 12.4 Å². The van der Waals surface area contributed by atoms with Gasteiger partial charge in [0.25, 0.3) is 0 Å². The predicted octanol–water partition coefficient (Wildman–Crippen LogP) is 2.03. The van der Waals surface area contributed by atoms with Crippen LogP contribution >= 0.6 is 0 Å². The van der Waals surface area contributed by atoms with Crippen molar-refractivity contribution in [3.05, 3.63) is 18.2 Å². The lowest BCUT2D eigenvalue weighted by atomic mass is 9.71. The van der Waals surface area contributed by atoms with E-state index in [2.05, 4.69) is 16.9 Å². The van der Waals surface area contributed by atoms with Crippen LogP contribution in [0.4, 0.5) is 0 Å². The van der Waals surface area contributed by atoms with Crippen molar-refractivity contribution in [2.24, 2.45) is 11.1 Å². The second-order valence-corrected chi connectivity index (χ2v) is 4.76. The van der Waals surface area contributed by atoms with Gasteiger partial charge in [-0.1, -0.05) is 6.92 Å². The molecule has 3 N–H and O–H groups in total. The van der Waals surface area contributed by atoms with Crippen LogP contribution in [0.3, 0.4) is 0 Å². The van der Waals surface area contributed by atoms with Crippen LogP contribution in [0.25, 0.3) is 0 Å². The van der Waals surface area contributed by atoms with E-state index in [4.69, 9.17) is 5.73 Å². The Morgan fingerprint density at radius 1 is 1.57 bits per heavy atom. The molecule has 1 aliphatic carbocycles. The average Bonchev–Trinajstić information content (AvgIpc) is 2.72. The van der Waals surface area contributed by atoms with Gasteiger partial charge in [0.15, 0.2) is 0 Å². The summed E-state index contributed by atoms with van der Waals surface area (Å²) in [5.74, 6) is 1.79. The zero-order valence-corrected chi connectivity index (χ0v) is 8.79. The van der Waals surface area contributed by atoms with Gasteiger partial charge in [-0.25, -0.2) is 4.98 Å². The third-order valence-electron chi connectivity index (χ3n) is 3.59. The van der Waals surface area contributed by atoms with Crippen LogP contribution in [0.15, 0.2) is 12.4 Å². The Kier molecular flexibility index (Phi) is 2.59. The van der Waals surface area contributed by atoms with Crippen LogP contribution in [0.1, 0.15) is 44.3 Å². The molecule has 0 unspecified atom stereocenters. The number of hydrogen-bond donors (Lipinski definition) is 2. The van der Waals surface area contributed by atoms with Gasteiger partial charge in [-0.2, -0.15) is 0 Å². The largest absolute Gasteiger partial charge is 0.348 e. The Morgan fingerprint density at radius 2 is 2.29 bits per heavy atom. The van der Waals surface area contributed by atoms with Gasteiger partial charge in [0.05, 0.1) is 0 Å². The van der Waals surface area contributed by atoms with E-state index in [0.29, 0.717) is 11.3 Å². The van der Waals surface area contributed by atoms with Gasteiger partial charge in [-0.3, -0.25) is 0 Å². The second kappa shape index (κ2) is 3.73. The summed E-state index contributed by atoms with van der Waals surface area (Å²) in [6.07, 6.45) is 8.66. The van der Waals surface area contributed by atoms with Crippen molar-refractivity contribution in [2.75, 3.05) is 6.54 Å². The number of nitrogens with zero attached hydrogens (tertiary/aromatic N) is 1. The van der Waals surface area contributed by atoms with Crippen molar-refractivity contribution >= 4 is 0 Å². The number of nitrogens with one attached hydrogen (secondary N) is 1. The van der Waals surface area contributed by atoms with E-state index in [-0.39, 0.29) is 0 Å². The monoisotopic (exact) mass is 193 g/mol. The van der Waals surface area contributed by atoms with Crippen molar-refractivity contribution in [1.82, 2.24) is 9.97 Å². The molecule has 0 atom stereocenters. The number of aromatic nitrogens is 2. The highest BCUT2D eigenvalue weighted by molar-refractivity contribution is 5.00. The molecule has 1 saturated carbocycles. The molecule has 0 amide bonds. The second-order valence-electron chi connectivity index (χ2n) is 4.76. The summed E-state index contributed by atoms with van der Waals surface area (Å²) in [4.78, 5) is 7.54. The lowest BCUT2D eigenvalue weighted by molar-refractivity contribution is 0.205. The molecule has 14 heavy (non-hydrogen) atoms. The minimum atomic E-state index is 0.378. The maximum absolute atomic E-state index is 5.78. The lowest BCUT2D eigenvalue weighted by Gasteiger charge is -2.35. The number of nitrogens with two attached hydrogens (primary N) is 1. The van der Waals surface area contributed by atoms with E-state index < -0.39 is 0 Å². The van der Waals surface area contributed by atoms with Gasteiger partial charge >= 0.3 is 0 Å². The smallest absolute Gasteiger partial charge is 0.109 e. The summed E-state index contributed by atoms with van der Waals surface area (Å²) in [5, 5.41) is 0. The molecule has 3 heteroatoms. The summed E-state index contributed by atoms with van der Waals surface area (Å²) < 4.78 is 0. The minimum Gasteiger partial charge on any atom is -0.348 e. The summed E-state index contributed by atoms with van der Waals surface area (Å²) >= 11 is 0. The van der Waals surface area contributed by atoms with E-state index in [9.17, 15) is 0 Å². The van der Waals surface area contributed by atoms with Gasteiger partial charge < -0.3 is 10.7 Å². The Bertz CT molecular complexity index is 271. The topological polar surface area (TPSA) is 54.7 Å². The Balaban J connectivity index is 1.97. The lowest BCUT2D eigenvalue weighted by Crippen LogP contribution is -2.31. The molecule has 1 fully saturated rings. The summed E-state index contributed by atoms with van der Waals surface area (Å²) in [5.41, 5.74) is 6.16. The quantitative estimate of drug-likeness (QED) is 0.755. The van der Waals surface area contributed by atoms with Gasteiger partial charge in [-0.05, 0) is 37.6 Å². The highest BCUT2D eigenvalue weighted by Gasteiger charge is 2.31. The SMILES string of the molecule is CC1(CN)CCC(c2ncc[nH]2)CC1. The third kappa shape index (κ3) is 1.82. The molecule has 0 radical (unpaired) electrons. The van der Waals surface area contributed by atoms with Crippen LogP contribution in [-0.2, 0) is 0 Å². The van der Waals surface area contributed by atoms with Gasteiger partial charge in [0.1, 0.15) is 5.82 Å². The Labute approximate surface area is 85.1 Å². The zero-order valence-electron chi connectivity index (χ0n) is 8.79. The van der Waals surface area contributed by atoms with Crippen LogP contribution < -0.4 is 5.73 Å². The fourth-order valence-electron chi connectivity index (χ4n) is 2.29. The fraction of sp³-hybridized carbons (Fsp3) is 0.727. The van der Waals surface area contributed by atoms with Crippen LogP contribution in [0, 0.1) is 5.41 Å². The van der Waals surface area contributed by atoms with E-state index in [1.165, 1.54) is 25.7 Å². The Morgan fingerprint density at radius 3 is 2.79 bits per heavy atom. The molecule has 0 bridgehead atoms. The molecule has 1 heterocycles. The third-order valence-corrected chi connectivity index (χ3v) is 3.59. The van der Waals surface area contributed by atoms with E-state index >= 15 is 0 Å². The van der Waals surface area contributed by atoms with Crippen LogP contribution in [0.5, 0.6) is 0 Å². The van der Waals surface area contributed by atoms with Gasteiger partial charge in [0, 0.05) is 18.3 Å². The maximum Gasteiger partial charge on any atom is 0.109 e. The summed E-state index contributed by atoms with van der Waals surface area (Å²) in [6.45, 7) is 3.11. The maximum atomic E-state index is 5.78. The molecular weight excluding hydrogens is 174 g/mol. The van der Waals surface area contributed by atoms with Gasteiger partial charge in [-0.15, -0.1) is 0 Å². The van der Waals surface area contributed by atoms with Crippen molar-refractivity contribution in [1.29, 1.82) is 0 Å². The highest BCUT2D eigenvalue weighted by atomic mass is 14.9. The summed E-state index contributed by atoms with van der Waals surface area (Å²) in [6, 6.07) is 0. The molecule has 1 aromatic rings. The van der Waals surface area contributed by atoms with Crippen molar-refractivity contribution in [3.63, 3.8) is 0 Å². The number of hydrogen-bond acceptors (Lipinski definition) is 2. The molecule has 0 saturated heterocycles. The first kappa shape index (κ1) is 9.71. The zero-order chi connectivity index (χ0) is 10.0. The van der Waals surface area contributed by atoms with E-state index in [0.717, 1.165) is 12.4 Å². The predicted molar refractivity (Wildman–Crippen MR) is 57.0 cm³/mol. The first-order valence-corrected chi connectivity index (χ1v) is 5.43. The van der Waals surface area contributed by atoms with Crippen LogP contribution in [0.2, 0.25) is 0 Å². The molecule has 78 valence electrons. The molecule has 2 rings (SSSR count). The van der Waals surface area contributed by atoms with Crippen LogP contribution in [-0.4, -0.2) is 16.5 Å². The normalized spacial score (nSPS) is 33.1. The average molecular weight is 193 g/mol. The number of imidazole rings is 1. The minimum absolute atomic E-state index is 0.378. The first-order valence-electron chi connectivity index (χ1n) is 5.43. The first-order chi connectivity index (χ1) is 6.73. The Hall–Kier alpha value is -0.830. The fourth-order valence-corrected chi connectivity index (χ4v) is 2.29. The number of rotatable bonds is 2. The molecule has 1 aromatic heterocycles. The number of aromatic amines is 1. The van der Waals surface area contributed by atoms with Gasteiger partial charge in [0.2, 0.25) is 0 Å². The summed E-state index contributed by atoms with van der Waals surface area (Å²) in [7, 11) is 0. The van der Waals surface area contributed by atoms with Crippen molar-refractivity contribution in [3.8, 4) is 0 Å². The number of H-pyrrole nitrogens is 1. The molecular formula is C11H19N3.